The van der Waals surface area contributed by atoms with Crippen molar-refractivity contribution < 1.29 is 38.5 Å². The van der Waals surface area contributed by atoms with Crippen molar-refractivity contribution in [2.45, 2.75) is 83.0 Å². The Balaban J connectivity index is 0.000000519. The number of aliphatic carboxylic acids is 1. The molecule has 9 heteroatoms. The number of ether oxygens (including phenoxy) is 2. The molecule has 0 spiro atoms. The summed E-state index contributed by atoms with van der Waals surface area (Å²) < 4.78 is 16.4. The first-order valence-electron chi connectivity index (χ1n) is 13.8. The van der Waals surface area contributed by atoms with Crippen LogP contribution in [0.25, 0.3) is 0 Å². The second kappa shape index (κ2) is 11.9. The minimum atomic E-state index is -1.35. The van der Waals surface area contributed by atoms with Gasteiger partial charge in [-0.15, -0.1) is 0 Å². The van der Waals surface area contributed by atoms with Crippen LogP contribution in [0, 0.1) is 11.3 Å². The van der Waals surface area contributed by atoms with Crippen molar-refractivity contribution in [2.75, 3.05) is 13.1 Å². The number of hydrogen-bond donors (Lipinski definition) is 3. The Morgan fingerprint density at radius 3 is 2.62 bits per heavy atom. The Morgan fingerprint density at radius 1 is 1.23 bits per heavy atom. The average Bonchev–Trinajstić information content (AvgIpc) is 3.48. The second-order valence-corrected chi connectivity index (χ2v) is 11.1. The maximum Gasteiger partial charge on any atom is 0.334 e. The number of carbonyl (C=O) groups is 3. The second-order valence-electron chi connectivity index (χ2n) is 11.1. The Bertz CT molecular complexity index is 1140. The van der Waals surface area contributed by atoms with Crippen LogP contribution >= 0.6 is 0 Å². The molecule has 1 aromatic rings. The molecule has 5 rings (SSSR count). The average molecular weight is 542 g/mol. The van der Waals surface area contributed by atoms with E-state index in [2.05, 4.69) is 5.32 Å². The molecule has 39 heavy (non-hydrogen) atoms. The standard InChI is InChI=1S/C25H28O8.C5H11N/c1-16(20(26)27)5-3-10-23(2)19-9-12-24(22(29)33-23)11-7-17(8-13-25(19,24)30)21(28)32-15-18-6-4-14-31-18;1-2-4-6-5-3-1/h3-7,10,14,19,30H,8-9,11-13,15H2,1-2H3,(H,26,27);6H,1-5H2/b10-3+,16-5+;/t19-,23+,24+,25-;/m0./s1. The molecule has 9 nitrogen and oxygen atoms in total. The Labute approximate surface area is 228 Å². The van der Waals surface area contributed by atoms with Gasteiger partial charge in [0, 0.05) is 17.1 Å². The highest BCUT2D eigenvalue weighted by Gasteiger charge is 2.71. The minimum Gasteiger partial charge on any atom is -0.478 e. The quantitative estimate of drug-likeness (QED) is 0.275. The van der Waals surface area contributed by atoms with Gasteiger partial charge in [0.15, 0.2) is 0 Å². The maximum atomic E-state index is 13.3. The monoisotopic (exact) mass is 541 g/mol. The first kappa shape index (κ1) is 28.8. The molecule has 0 unspecified atom stereocenters. The van der Waals surface area contributed by atoms with Gasteiger partial charge >= 0.3 is 17.9 Å². The van der Waals surface area contributed by atoms with Crippen molar-refractivity contribution in [3.8, 4) is 0 Å². The first-order valence-corrected chi connectivity index (χ1v) is 13.8. The zero-order chi connectivity index (χ0) is 28.1. The maximum absolute atomic E-state index is 13.3. The number of esters is 2. The number of allylic oxidation sites excluding steroid dienone is 3. The molecular formula is C30H39NO8. The molecule has 2 saturated heterocycles. The number of hydrogen-bond acceptors (Lipinski definition) is 8. The van der Waals surface area contributed by atoms with Crippen molar-refractivity contribution in [1.82, 2.24) is 5.32 Å². The minimum absolute atomic E-state index is 0.00932. The van der Waals surface area contributed by atoms with E-state index in [-0.39, 0.29) is 37.4 Å². The number of carboxylic acid groups (broad SMARTS) is 1. The van der Waals surface area contributed by atoms with Crippen molar-refractivity contribution in [1.29, 1.82) is 0 Å². The fourth-order valence-electron chi connectivity index (χ4n) is 6.30. The molecule has 1 saturated carbocycles. The lowest BCUT2D eigenvalue weighted by molar-refractivity contribution is -0.224. The number of rotatable bonds is 6. The summed E-state index contributed by atoms with van der Waals surface area (Å²) in [5, 5.41) is 24.2. The number of nitrogens with one attached hydrogen (secondary N) is 1. The summed E-state index contributed by atoms with van der Waals surface area (Å²) in [7, 11) is 0. The van der Waals surface area contributed by atoms with Crippen LogP contribution in [0.3, 0.4) is 0 Å². The van der Waals surface area contributed by atoms with Crippen LogP contribution in [0.1, 0.15) is 71.0 Å². The van der Waals surface area contributed by atoms with Gasteiger partial charge in [0.05, 0.1) is 11.9 Å². The SMILES string of the molecule is C/C(=C\C=C\[C@@]1(C)OC(=O)[C@]23CC=C(C(=O)OCc4ccco4)CC[C@]2(O)[C@H]1CC3)C(=O)O.C1CCNCC1. The molecule has 4 atom stereocenters. The summed E-state index contributed by atoms with van der Waals surface area (Å²) in [5.74, 6) is -1.88. The molecule has 0 amide bonds. The molecule has 3 N–H and O–H groups in total. The van der Waals surface area contributed by atoms with Crippen molar-refractivity contribution in [3.05, 3.63) is 59.6 Å². The first-order chi connectivity index (χ1) is 18.6. The number of furan rings is 1. The van der Waals surface area contributed by atoms with Crippen LogP contribution in [-0.4, -0.2) is 52.4 Å². The lowest BCUT2D eigenvalue weighted by Gasteiger charge is -2.52. The third kappa shape index (κ3) is 5.89. The molecule has 212 valence electrons. The largest absolute Gasteiger partial charge is 0.478 e. The van der Waals surface area contributed by atoms with Gasteiger partial charge in [-0.3, -0.25) is 4.79 Å². The normalized spacial score (nSPS) is 32.3. The fourth-order valence-corrected chi connectivity index (χ4v) is 6.30. The smallest absolute Gasteiger partial charge is 0.334 e. The van der Waals surface area contributed by atoms with E-state index in [0.717, 1.165) is 0 Å². The lowest BCUT2D eigenvalue weighted by Crippen LogP contribution is -2.63. The molecule has 3 fully saturated rings. The number of carboxylic acids is 1. The number of piperidine rings is 1. The molecule has 3 heterocycles. The van der Waals surface area contributed by atoms with Crippen molar-refractivity contribution in [2.24, 2.45) is 11.3 Å². The molecule has 2 aliphatic carbocycles. The van der Waals surface area contributed by atoms with Crippen molar-refractivity contribution >= 4 is 17.9 Å². The van der Waals surface area contributed by atoms with Gasteiger partial charge in [-0.1, -0.05) is 24.6 Å². The lowest BCUT2D eigenvalue weighted by atomic mass is 9.62. The fraction of sp³-hybridized carbons (Fsp3) is 0.567. The van der Waals surface area contributed by atoms with Crippen LogP contribution in [0.4, 0.5) is 0 Å². The van der Waals surface area contributed by atoms with E-state index in [1.54, 1.807) is 37.3 Å². The van der Waals surface area contributed by atoms with E-state index >= 15 is 0 Å². The molecular weight excluding hydrogens is 502 g/mol. The van der Waals surface area contributed by atoms with E-state index in [9.17, 15) is 19.5 Å². The van der Waals surface area contributed by atoms with Crippen LogP contribution in [-0.2, 0) is 30.5 Å². The van der Waals surface area contributed by atoms with E-state index in [1.807, 2.05) is 0 Å². The summed E-state index contributed by atoms with van der Waals surface area (Å²) >= 11 is 0. The zero-order valence-electron chi connectivity index (χ0n) is 22.7. The third-order valence-corrected chi connectivity index (χ3v) is 8.64. The topological polar surface area (TPSA) is 135 Å². The Hall–Kier alpha value is -3.17. The third-order valence-electron chi connectivity index (χ3n) is 8.64. The van der Waals surface area contributed by atoms with Crippen LogP contribution < -0.4 is 5.32 Å². The van der Waals surface area contributed by atoms with Gasteiger partial charge in [-0.05, 0) is 90.1 Å². The molecule has 2 aliphatic heterocycles. The van der Waals surface area contributed by atoms with Crippen molar-refractivity contribution in [3.63, 3.8) is 0 Å². The van der Waals surface area contributed by atoms with E-state index in [0.29, 0.717) is 24.2 Å². The van der Waals surface area contributed by atoms with E-state index in [1.165, 1.54) is 51.6 Å². The van der Waals surface area contributed by atoms with E-state index < -0.39 is 34.5 Å². The Morgan fingerprint density at radius 2 is 2.00 bits per heavy atom. The highest BCUT2D eigenvalue weighted by molar-refractivity contribution is 5.89. The molecule has 2 bridgehead atoms. The number of aliphatic hydroxyl groups is 1. The predicted molar refractivity (Wildman–Crippen MR) is 142 cm³/mol. The highest BCUT2D eigenvalue weighted by Crippen LogP contribution is 2.63. The van der Waals surface area contributed by atoms with Crippen LogP contribution in [0.5, 0.6) is 0 Å². The van der Waals surface area contributed by atoms with Gasteiger partial charge in [0.25, 0.3) is 0 Å². The zero-order valence-corrected chi connectivity index (χ0v) is 22.7. The summed E-state index contributed by atoms with van der Waals surface area (Å²) in [6.07, 6.45) is 13.8. The molecule has 0 radical (unpaired) electrons. The van der Waals surface area contributed by atoms with Gasteiger partial charge in [0.1, 0.15) is 23.4 Å². The highest BCUT2D eigenvalue weighted by atomic mass is 16.6. The summed E-state index contributed by atoms with van der Waals surface area (Å²) in [5.41, 5.74) is -2.99. The van der Waals surface area contributed by atoms with Gasteiger partial charge in [-0.25, -0.2) is 9.59 Å². The van der Waals surface area contributed by atoms with Crippen LogP contribution in [0.2, 0.25) is 0 Å². The number of carbonyl (C=O) groups excluding carboxylic acids is 2. The van der Waals surface area contributed by atoms with Gasteiger partial charge in [-0.2, -0.15) is 0 Å². The number of cyclic esters (lactones) is 1. The summed E-state index contributed by atoms with van der Waals surface area (Å²) in [6, 6.07) is 3.42. The van der Waals surface area contributed by atoms with Crippen LogP contribution in [0.15, 0.2) is 58.3 Å². The summed E-state index contributed by atoms with van der Waals surface area (Å²) in [6.45, 7) is 5.72. The van der Waals surface area contributed by atoms with Gasteiger partial charge < -0.3 is 29.4 Å². The molecule has 0 aromatic carbocycles. The van der Waals surface area contributed by atoms with E-state index in [4.69, 9.17) is 19.0 Å². The Kier molecular flexibility index (Phi) is 8.81. The predicted octanol–water partition coefficient (Wildman–Crippen LogP) is 4.22. The summed E-state index contributed by atoms with van der Waals surface area (Å²) in [4.78, 5) is 36.9. The van der Waals surface area contributed by atoms with Gasteiger partial charge in [0.2, 0.25) is 0 Å². The molecule has 4 aliphatic rings. The molecule has 1 aromatic heterocycles.